The maximum absolute atomic E-state index is 11.7. The topological polar surface area (TPSA) is 143 Å². The zero-order valence-electron chi connectivity index (χ0n) is 14.2. The number of amidine groups is 1. The second-order valence-electron chi connectivity index (χ2n) is 6.26. The number of aliphatic hydroxyl groups is 1. The van der Waals surface area contributed by atoms with Crippen LogP contribution in [0, 0.1) is 0 Å². The normalized spacial score (nSPS) is 30.2. The molecule has 26 heavy (non-hydrogen) atoms. The van der Waals surface area contributed by atoms with E-state index in [0.717, 1.165) is 12.8 Å². The third-order valence-corrected chi connectivity index (χ3v) is 4.63. The van der Waals surface area contributed by atoms with E-state index in [1.807, 2.05) is 4.90 Å². The summed E-state index contributed by atoms with van der Waals surface area (Å²) < 4.78 is 7.24. The number of nitrogens with two attached hydrogens (primary N) is 1. The summed E-state index contributed by atoms with van der Waals surface area (Å²) >= 11 is 0. The van der Waals surface area contributed by atoms with Gasteiger partial charge in [-0.25, -0.2) is 9.67 Å². The monoisotopic (exact) mass is 360 g/mol. The summed E-state index contributed by atoms with van der Waals surface area (Å²) in [6.07, 6.45) is 5.41. The molecule has 138 valence electrons. The van der Waals surface area contributed by atoms with Gasteiger partial charge in [0, 0.05) is 13.2 Å². The fraction of sp³-hybridized carbons (Fsp3) is 0.533. The van der Waals surface area contributed by atoms with Crippen LogP contribution in [-0.4, -0.2) is 82.0 Å². The van der Waals surface area contributed by atoms with Gasteiger partial charge in [-0.05, 0) is 12.8 Å². The molecule has 1 fully saturated rings. The van der Waals surface area contributed by atoms with Crippen LogP contribution < -0.4 is 11.1 Å². The Morgan fingerprint density at radius 2 is 2.35 bits per heavy atom. The predicted octanol–water partition coefficient (Wildman–Crippen LogP) is -1.65. The number of nitrogens with one attached hydrogen (secondary N) is 1. The van der Waals surface area contributed by atoms with Crippen LogP contribution in [-0.2, 0) is 4.74 Å². The number of aliphatic hydroxyl groups excluding tert-OH is 1. The highest BCUT2D eigenvalue weighted by Gasteiger charge is 2.42. The van der Waals surface area contributed by atoms with Crippen molar-refractivity contribution in [3.63, 3.8) is 0 Å². The average Bonchev–Trinajstić information content (AvgIpc) is 3.38. The molecule has 4 atom stereocenters. The van der Waals surface area contributed by atoms with Crippen molar-refractivity contribution in [3.05, 3.63) is 18.0 Å². The number of hydrogen-bond donors (Lipinski definition) is 3. The number of amides is 1. The van der Waals surface area contributed by atoms with Crippen LogP contribution in [0.5, 0.6) is 0 Å². The molecule has 0 aliphatic carbocycles. The van der Waals surface area contributed by atoms with E-state index in [2.05, 4.69) is 25.4 Å². The summed E-state index contributed by atoms with van der Waals surface area (Å²) in [5.74, 6) is 0.362. The van der Waals surface area contributed by atoms with Gasteiger partial charge in [-0.2, -0.15) is 10.1 Å². The van der Waals surface area contributed by atoms with Gasteiger partial charge >= 0.3 is 0 Å². The molecule has 1 aromatic heterocycles. The number of carbonyl (C=O) groups excluding carboxylic acids is 1. The van der Waals surface area contributed by atoms with Crippen LogP contribution in [0.15, 0.2) is 27.4 Å². The number of nitrogens with zero attached hydrogens (tertiary/aromatic N) is 6. The Hall–Kier alpha value is -2.79. The summed E-state index contributed by atoms with van der Waals surface area (Å²) in [6, 6.07) is -0.385. The Bertz CT molecular complexity index is 801. The molecule has 11 nitrogen and oxygen atoms in total. The van der Waals surface area contributed by atoms with E-state index in [9.17, 15) is 9.90 Å². The van der Waals surface area contributed by atoms with Crippen molar-refractivity contribution in [2.75, 3.05) is 13.7 Å². The summed E-state index contributed by atoms with van der Waals surface area (Å²) in [7, 11) is 1.55. The number of fused-ring (bicyclic) bond motifs is 1. The SMILES string of the molecule is CNC(=O)c1cnn(C2=NC3C(N=CN3C3CCC(CO)O3)C(N)=N2)c1. The molecular formula is C15H20N8O3. The Morgan fingerprint density at radius 3 is 3.08 bits per heavy atom. The van der Waals surface area contributed by atoms with Gasteiger partial charge in [0.1, 0.15) is 18.1 Å². The van der Waals surface area contributed by atoms with Crippen LogP contribution in [0.4, 0.5) is 0 Å². The Balaban J connectivity index is 1.59. The predicted molar refractivity (Wildman–Crippen MR) is 93.0 cm³/mol. The highest BCUT2D eigenvalue weighted by Crippen LogP contribution is 2.29. The first-order valence-corrected chi connectivity index (χ1v) is 8.36. The highest BCUT2D eigenvalue weighted by molar-refractivity contribution is 6.03. The lowest BCUT2D eigenvalue weighted by molar-refractivity contribution is -0.0486. The van der Waals surface area contributed by atoms with Crippen molar-refractivity contribution in [1.29, 1.82) is 0 Å². The van der Waals surface area contributed by atoms with Gasteiger partial charge in [0.2, 0.25) is 5.96 Å². The van der Waals surface area contributed by atoms with E-state index in [1.165, 1.54) is 10.9 Å². The third kappa shape index (κ3) is 2.74. The first kappa shape index (κ1) is 16.7. The largest absolute Gasteiger partial charge is 0.394 e. The van der Waals surface area contributed by atoms with Crippen molar-refractivity contribution in [2.45, 2.75) is 37.4 Å². The molecule has 11 heteroatoms. The number of rotatable bonds is 3. The zero-order chi connectivity index (χ0) is 18.3. The molecule has 0 aromatic carbocycles. The average molecular weight is 360 g/mol. The van der Waals surface area contributed by atoms with Gasteiger partial charge in [0.05, 0.1) is 30.8 Å². The van der Waals surface area contributed by atoms with E-state index in [1.54, 1.807) is 19.6 Å². The van der Waals surface area contributed by atoms with Crippen molar-refractivity contribution < 1.29 is 14.6 Å². The molecule has 4 unspecified atom stereocenters. The number of carbonyl (C=O) groups is 1. The van der Waals surface area contributed by atoms with E-state index in [4.69, 9.17) is 10.5 Å². The number of aliphatic imine (C=N–C) groups is 3. The smallest absolute Gasteiger partial charge is 0.254 e. The second-order valence-corrected chi connectivity index (χ2v) is 6.26. The quantitative estimate of drug-likeness (QED) is 0.590. The lowest BCUT2D eigenvalue weighted by Gasteiger charge is -2.31. The summed E-state index contributed by atoms with van der Waals surface area (Å²) in [6.45, 7) is -0.0107. The molecule has 4 rings (SSSR count). The summed E-state index contributed by atoms with van der Waals surface area (Å²) in [5, 5.41) is 16.0. The maximum atomic E-state index is 11.7. The van der Waals surface area contributed by atoms with Crippen LogP contribution >= 0.6 is 0 Å². The molecule has 0 spiro atoms. The molecule has 1 aromatic rings. The number of aromatic nitrogens is 2. The molecule has 1 saturated heterocycles. The molecule has 0 bridgehead atoms. The first-order valence-electron chi connectivity index (χ1n) is 8.36. The van der Waals surface area contributed by atoms with E-state index < -0.39 is 6.17 Å². The van der Waals surface area contributed by atoms with Crippen molar-refractivity contribution in [1.82, 2.24) is 20.0 Å². The van der Waals surface area contributed by atoms with E-state index >= 15 is 0 Å². The molecule has 3 aliphatic heterocycles. The standard InChI is InChI=1S/C15H20N8O3/c1-17-14(25)8-4-19-23(5-8)15-20-12(16)11-13(21-15)22(7-18-11)10-3-2-9(6-24)26-10/h4-5,7,9-11,13,24H,2-3,6H2,1H3,(H,17,25)(H2,16,20,21). The van der Waals surface area contributed by atoms with Crippen molar-refractivity contribution >= 4 is 24.0 Å². The van der Waals surface area contributed by atoms with Crippen LogP contribution in [0.1, 0.15) is 23.2 Å². The fourth-order valence-electron chi connectivity index (χ4n) is 3.24. The Morgan fingerprint density at radius 1 is 1.50 bits per heavy atom. The van der Waals surface area contributed by atoms with Gasteiger partial charge in [0.25, 0.3) is 5.91 Å². The maximum Gasteiger partial charge on any atom is 0.254 e. The molecule has 0 saturated carbocycles. The lowest BCUT2D eigenvalue weighted by atomic mass is 10.2. The van der Waals surface area contributed by atoms with E-state index in [-0.39, 0.29) is 36.8 Å². The minimum atomic E-state index is -0.391. The van der Waals surface area contributed by atoms with Crippen LogP contribution in [0.2, 0.25) is 0 Å². The van der Waals surface area contributed by atoms with Gasteiger partial charge in [-0.15, -0.1) is 0 Å². The van der Waals surface area contributed by atoms with Crippen LogP contribution in [0.3, 0.4) is 0 Å². The Kier molecular flexibility index (Phi) is 4.17. The van der Waals surface area contributed by atoms with Gasteiger partial charge < -0.3 is 25.8 Å². The molecule has 1 amide bonds. The highest BCUT2D eigenvalue weighted by atomic mass is 16.5. The lowest BCUT2D eigenvalue weighted by Crippen LogP contribution is -2.49. The number of hydrogen-bond acceptors (Lipinski definition) is 9. The van der Waals surface area contributed by atoms with Crippen molar-refractivity contribution in [2.24, 2.45) is 20.7 Å². The third-order valence-electron chi connectivity index (χ3n) is 4.63. The molecule has 0 radical (unpaired) electrons. The van der Waals surface area contributed by atoms with Gasteiger partial charge in [-0.1, -0.05) is 0 Å². The number of ether oxygens (including phenoxy) is 1. The molecule has 4 heterocycles. The fourth-order valence-corrected chi connectivity index (χ4v) is 3.24. The minimum Gasteiger partial charge on any atom is -0.394 e. The molecule has 4 N–H and O–H groups in total. The zero-order valence-corrected chi connectivity index (χ0v) is 14.2. The summed E-state index contributed by atoms with van der Waals surface area (Å²) in [5.41, 5.74) is 6.48. The van der Waals surface area contributed by atoms with E-state index in [0.29, 0.717) is 11.4 Å². The van der Waals surface area contributed by atoms with Gasteiger partial charge in [0.15, 0.2) is 6.17 Å². The van der Waals surface area contributed by atoms with Crippen molar-refractivity contribution in [3.8, 4) is 0 Å². The first-order chi connectivity index (χ1) is 12.6. The van der Waals surface area contributed by atoms with Gasteiger partial charge in [-0.3, -0.25) is 9.79 Å². The minimum absolute atomic E-state index is 0.0107. The Labute approximate surface area is 149 Å². The molecule has 3 aliphatic rings. The molecular weight excluding hydrogens is 340 g/mol. The summed E-state index contributed by atoms with van der Waals surface area (Å²) in [4.78, 5) is 26.9. The second kappa shape index (κ2) is 6.50. The van der Waals surface area contributed by atoms with Crippen LogP contribution in [0.25, 0.3) is 0 Å².